The van der Waals surface area contributed by atoms with Crippen LogP contribution >= 0.6 is 0 Å². The number of carbonyl (C=O) groups excluding carboxylic acids is 4. The monoisotopic (exact) mass is 474 g/mol. The van der Waals surface area contributed by atoms with Gasteiger partial charge in [0.05, 0.1) is 30.6 Å². The molecule has 0 bridgehead atoms. The molecule has 35 heavy (non-hydrogen) atoms. The fourth-order valence-electron chi connectivity index (χ4n) is 5.05. The first kappa shape index (κ1) is 22.8. The summed E-state index contributed by atoms with van der Waals surface area (Å²) in [5.41, 5.74) is 2.26. The molecule has 2 saturated heterocycles. The van der Waals surface area contributed by atoms with Gasteiger partial charge in [-0.05, 0) is 56.2 Å². The van der Waals surface area contributed by atoms with Gasteiger partial charge in [-0.3, -0.25) is 24.1 Å². The molecular formula is C27H26N2O6. The lowest BCUT2D eigenvalue weighted by Crippen LogP contribution is -2.30. The molecule has 2 heterocycles. The number of hydrogen-bond acceptors (Lipinski definition) is 6. The number of rotatable bonds is 5. The van der Waals surface area contributed by atoms with Crippen LogP contribution in [0.5, 0.6) is 11.5 Å². The third-order valence-electron chi connectivity index (χ3n) is 6.96. The van der Waals surface area contributed by atoms with Crippen LogP contribution in [-0.2, 0) is 19.2 Å². The van der Waals surface area contributed by atoms with Gasteiger partial charge in [-0.15, -0.1) is 0 Å². The van der Waals surface area contributed by atoms with Gasteiger partial charge >= 0.3 is 5.97 Å². The summed E-state index contributed by atoms with van der Waals surface area (Å²) in [6, 6.07) is 13.5. The maximum absolute atomic E-state index is 12.9. The van der Waals surface area contributed by atoms with Crippen LogP contribution in [0, 0.1) is 17.8 Å². The Kier molecular flexibility index (Phi) is 5.88. The first-order chi connectivity index (χ1) is 16.9. The van der Waals surface area contributed by atoms with E-state index in [9.17, 15) is 19.2 Å². The standard InChI is InChI=1S/C27H26N2O6/c1-16-6-11-22-23(12-16)26(32)29(25(22)31)18-7-9-20(10-8-18)35-27(33)17-13-24(30)28(15-17)19-4-3-5-21(14-19)34-2/h3-10,14,17,22-23H,11-13,15H2,1-2H3/t17-,22-,23-/m1/s1. The molecule has 5 rings (SSSR count). The van der Waals surface area contributed by atoms with Crippen molar-refractivity contribution < 1.29 is 28.7 Å². The number of fused-ring (bicyclic) bond motifs is 1. The van der Waals surface area contributed by atoms with Crippen molar-refractivity contribution in [3.8, 4) is 11.5 Å². The second-order valence-electron chi connectivity index (χ2n) is 9.24. The van der Waals surface area contributed by atoms with Crippen molar-refractivity contribution >= 4 is 35.1 Å². The van der Waals surface area contributed by atoms with Gasteiger partial charge in [0.25, 0.3) is 0 Å². The van der Waals surface area contributed by atoms with Gasteiger partial charge < -0.3 is 14.4 Å². The van der Waals surface area contributed by atoms with Gasteiger partial charge in [0.1, 0.15) is 11.5 Å². The molecule has 180 valence electrons. The number of ether oxygens (including phenoxy) is 2. The SMILES string of the molecule is COc1cccc(N2C[C@H](C(=O)Oc3ccc(N4C(=O)[C@@H]5CC=C(C)C[C@H]5C4=O)cc3)CC2=O)c1. The number of anilines is 2. The Morgan fingerprint density at radius 3 is 2.40 bits per heavy atom. The van der Waals surface area contributed by atoms with Crippen LogP contribution < -0.4 is 19.3 Å². The van der Waals surface area contributed by atoms with Gasteiger partial charge in [-0.1, -0.05) is 17.7 Å². The number of nitrogens with zero attached hydrogens (tertiary/aromatic N) is 2. The topological polar surface area (TPSA) is 93.2 Å². The number of hydrogen-bond donors (Lipinski definition) is 0. The first-order valence-corrected chi connectivity index (χ1v) is 11.7. The molecule has 0 N–H and O–H groups in total. The summed E-state index contributed by atoms with van der Waals surface area (Å²) in [4.78, 5) is 53.8. The summed E-state index contributed by atoms with van der Waals surface area (Å²) >= 11 is 0. The molecule has 2 fully saturated rings. The number of amides is 3. The van der Waals surface area contributed by atoms with Crippen LogP contribution in [0.15, 0.2) is 60.2 Å². The zero-order chi connectivity index (χ0) is 24.7. The molecule has 8 nitrogen and oxygen atoms in total. The summed E-state index contributed by atoms with van der Waals surface area (Å²) in [5.74, 6) is -1.33. The van der Waals surface area contributed by atoms with Gasteiger partial charge in [-0.25, -0.2) is 0 Å². The van der Waals surface area contributed by atoms with Gasteiger partial charge in [0.15, 0.2) is 0 Å². The van der Waals surface area contributed by atoms with Gasteiger partial charge in [0, 0.05) is 24.7 Å². The number of esters is 1. The Labute approximate surface area is 203 Å². The van der Waals surface area contributed by atoms with Crippen LogP contribution in [0.3, 0.4) is 0 Å². The lowest BCUT2D eigenvalue weighted by Gasteiger charge is -2.18. The van der Waals surface area contributed by atoms with E-state index in [1.807, 2.05) is 13.0 Å². The van der Waals surface area contributed by atoms with Crippen molar-refractivity contribution in [1.82, 2.24) is 0 Å². The molecule has 8 heteroatoms. The quantitative estimate of drug-likeness (QED) is 0.285. The zero-order valence-electron chi connectivity index (χ0n) is 19.6. The molecule has 3 amide bonds. The van der Waals surface area contributed by atoms with E-state index >= 15 is 0 Å². The summed E-state index contributed by atoms with van der Waals surface area (Å²) in [6.45, 7) is 2.20. The van der Waals surface area contributed by atoms with Crippen LogP contribution in [0.1, 0.15) is 26.2 Å². The second-order valence-corrected chi connectivity index (χ2v) is 9.24. The van der Waals surface area contributed by atoms with E-state index in [0.717, 1.165) is 5.57 Å². The zero-order valence-corrected chi connectivity index (χ0v) is 19.6. The summed E-state index contributed by atoms with van der Waals surface area (Å²) < 4.78 is 10.7. The van der Waals surface area contributed by atoms with E-state index in [1.54, 1.807) is 60.5 Å². The summed E-state index contributed by atoms with van der Waals surface area (Å²) in [6.07, 6.45) is 3.28. The highest BCUT2D eigenvalue weighted by Gasteiger charge is 2.48. The molecule has 2 aromatic rings. The smallest absolute Gasteiger partial charge is 0.316 e. The van der Waals surface area contributed by atoms with Crippen LogP contribution in [0.4, 0.5) is 11.4 Å². The molecular weight excluding hydrogens is 448 g/mol. The van der Waals surface area contributed by atoms with Crippen molar-refractivity contribution in [3.63, 3.8) is 0 Å². The van der Waals surface area contributed by atoms with Crippen LogP contribution in [-0.4, -0.2) is 37.3 Å². The molecule has 2 aromatic carbocycles. The van der Waals surface area contributed by atoms with E-state index in [0.29, 0.717) is 35.7 Å². The maximum atomic E-state index is 12.9. The molecule has 0 saturated carbocycles. The number of imide groups is 1. The van der Waals surface area contributed by atoms with Gasteiger partial charge in [0.2, 0.25) is 17.7 Å². The van der Waals surface area contributed by atoms with Crippen molar-refractivity contribution in [2.45, 2.75) is 26.2 Å². The predicted octanol–water partition coefficient (Wildman–Crippen LogP) is 3.50. The van der Waals surface area contributed by atoms with E-state index < -0.39 is 11.9 Å². The molecule has 0 unspecified atom stereocenters. The maximum Gasteiger partial charge on any atom is 0.316 e. The first-order valence-electron chi connectivity index (χ1n) is 11.7. The highest BCUT2D eigenvalue weighted by Crippen LogP contribution is 2.40. The third kappa shape index (κ3) is 4.20. The van der Waals surface area contributed by atoms with Crippen LogP contribution in [0.25, 0.3) is 0 Å². The largest absolute Gasteiger partial charge is 0.497 e. The minimum atomic E-state index is -0.603. The Balaban J connectivity index is 1.24. The molecule has 3 atom stereocenters. The number of methoxy groups -OCH3 is 1. The fourth-order valence-corrected chi connectivity index (χ4v) is 5.05. The average Bonchev–Trinajstić information content (AvgIpc) is 3.37. The molecule has 2 aliphatic heterocycles. The molecule has 0 spiro atoms. The van der Waals surface area contributed by atoms with E-state index in [1.165, 1.54) is 4.90 Å². The lowest BCUT2D eigenvalue weighted by atomic mass is 9.82. The second kappa shape index (κ2) is 9.02. The van der Waals surface area contributed by atoms with Crippen molar-refractivity contribution in [3.05, 3.63) is 60.2 Å². The fraction of sp³-hybridized carbons (Fsp3) is 0.333. The number of benzene rings is 2. The normalized spacial score (nSPS) is 23.9. The van der Waals surface area contributed by atoms with Gasteiger partial charge in [-0.2, -0.15) is 0 Å². The highest BCUT2D eigenvalue weighted by molar-refractivity contribution is 6.22. The predicted molar refractivity (Wildman–Crippen MR) is 128 cm³/mol. The number of allylic oxidation sites excluding steroid dienone is 2. The van der Waals surface area contributed by atoms with Crippen molar-refractivity contribution in [2.75, 3.05) is 23.5 Å². The Morgan fingerprint density at radius 1 is 0.914 bits per heavy atom. The average molecular weight is 475 g/mol. The minimum absolute atomic E-state index is 0.0567. The lowest BCUT2D eigenvalue weighted by molar-refractivity contribution is -0.139. The van der Waals surface area contributed by atoms with Crippen molar-refractivity contribution in [1.29, 1.82) is 0 Å². The van der Waals surface area contributed by atoms with E-state index in [-0.39, 0.29) is 42.5 Å². The Morgan fingerprint density at radius 2 is 1.66 bits per heavy atom. The van der Waals surface area contributed by atoms with Crippen molar-refractivity contribution in [2.24, 2.45) is 17.8 Å². The third-order valence-corrected chi connectivity index (χ3v) is 6.96. The number of carbonyl (C=O) groups is 4. The molecule has 0 radical (unpaired) electrons. The van der Waals surface area contributed by atoms with Crippen LogP contribution in [0.2, 0.25) is 0 Å². The molecule has 1 aliphatic carbocycles. The summed E-state index contributed by atoms with van der Waals surface area (Å²) in [7, 11) is 1.55. The van der Waals surface area contributed by atoms with E-state index in [2.05, 4.69) is 0 Å². The summed E-state index contributed by atoms with van der Waals surface area (Å²) in [5, 5.41) is 0. The highest BCUT2D eigenvalue weighted by atomic mass is 16.5. The molecule has 3 aliphatic rings. The Bertz CT molecular complexity index is 1230. The Hall–Kier alpha value is -3.94. The van der Waals surface area contributed by atoms with E-state index in [4.69, 9.17) is 9.47 Å². The molecule has 0 aromatic heterocycles. The minimum Gasteiger partial charge on any atom is -0.497 e.